The van der Waals surface area contributed by atoms with Crippen molar-refractivity contribution >= 4 is 16.6 Å². The molecule has 0 radical (unpaired) electrons. The maximum Gasteiger partial charge on any atom is 0.350 e. The highest BCUT2D eigenvalue weighted by Gasteiger charge is 2.33. The van der Waals surface area contributed by atoms with Gasteiger partial charge in [0.1, 0.15) is 5.82 Å². The minimum atomic E-state index is -0.673. The zero-order valence-electron chi connectivity index (χ0n) is 16.9. The summed E-state index contributed by atoms with van der Waals surface area (Å²) in [5.41, 5.74) is 6.55. The van der Waals surface area contributed by atoms with Crippen LogP contribution in [0.15, 0.2) is 15.7 Å². The molecular formula is C20H28FN5O3. The van der Waals surface area contributed by atoms with E-state index in [9.17, 15) is 9.59 Å². The van der Waals surface area contributed by atoms with Crippen LogP contribution >= 0.6 is 0 Å². The Balaban J connectivity index is 1.79. The Labute approximate surface area is 167 Å². The molecule has 1 aromatic heterocycles. The highest BCUT2D eigenvalue weighted by Crippen LogP contribution is 2.39. The second-order valence-electron chi connectivity index (χ2n) is 8.11. The number of nitrogen functional groups attached to an aromatic ring is 1. The standard InChI is InChI=1S/C20H28FN5O3/c1-3-29-10-16(22)12-6-7-24(9-12)18-11(2)17-14(8-15(18)21)19(27)26(23)20(28)25(17)13-4-5-13/h8,12-13,16H,3-7,9-10,22-23H2,1-2H3/t12?,16-/m0/s1. The number of hydrogen-bond donors (Lipinski definition) is 2. The highest BCUT2D eigenvalue weighted by molar-refractivity contribution is 5.87. The van der Waals surface area contributed by atoms with Gasteiger partial charge in [0.25, 0.3) is 5.56 Å². The van der Waals surface area contributed by atoms with Gasteiger partial charge in [0.05, 0.1) is 23.2 Å². The normalized spacial score (nSPS) is 20.6. The minimum Gasteiger partial charge on any atom is -0.380 e. The van der Waals surface area contributed by atoms with E-state index in [0.29, 0.717) is 47.7 Å². The fourth-order valence-corrected chi connectivity index (χ4v) is 4.45. The van der Waals surface area contributed by atoms with Crippen LogP contribution in [0.1, 0.15) is 37.8 Å². The summed E-state index contributed by atoms with van der Waals surface area (Å²) in [6.07, 6.45) is 2.53. The van der Waals surface area contributed by atoms with E-state index in [-0.39, 0.29) is 23.4 Å². The molecule has 1 saturated carbocycles. The molecule has 1 unspecified atom stereocenters. The van der Waals surface area contributed by atoms with Crippen LogP contribution in [0.2, 0.25) is 0 Å². The summed E-state index contributed by atoms with van der Waals surface area (Å²) in [4.78, 5) is 27.2. The van der Waals surface area contributed by atoms with Gasteiger partial charge in [-0.3, -0.25) is 9.36 Å². The summed E-state index contributed by atoms with van der Waals surface area (Å²) in [6.45, 7) is 6.06. The van der Waals surface area contributed by atoms with E-state index >= 15 is 4.39 Å². The van der Waals surface area contributed by atoms with E-state index in [0.717, 1.165) is 19.3 Å². The quantitative estimate of drug-likeness (QED) is 0.690. The Morgan fingerprint density at radius 3 is 2.69 bits per heavy atom. The van der Waals surface area contributed by atoms with Crippen molar-refractivity contribution in [3.8, 4) is 0 Å². The number of nitrogens with two attached hydrogens (primary N) is 2. The first kappa shape index (κ1) is 19.9. The largest absolute Gasteiger partial charge is 0.380 e. The van der Waals surface area contributed by atoms with Gasteiger partial charge in [-0.25, -0.2) is 9.18 Å². The lowest BCUT2D eigenvalue weighted by Crippen LogP contribution is -2.44. The van der Waals surface area contributed by atoms with Gasteiger partial charge in [0.2, 0.25) is 0 Å². The van der Waals surface area contributed by atoms with E-state index in [1.165, 1.54) is 6.07 Å². The SMILES string of the molecule is CCOC[C@H](N)C1CCN(c2c(F)cc3c(=O)n(N)c(=O)n(C4CC4)c3c2C)C1. The third-order valence-corrected chi connectivity index (χ3v) is 6.14. The number of anilines is 1. The van der Waals surface area contributed by atoms with Crippen molar-refractivity contribution in [1.82, 2.24) is 9.24 Å². The molecule has 2 aromatic rings. The number of aryl methyl sites for hydroxylation is 1. The number of nitrogens with zero attached hydrogens (tertiary/aromatic N) is 3. The second-order valence-corrected chi connectivity index (χ2v) is 8.11. The maximum absolute atomic E-state index is 15.1. The van der Waals surface area contributed by atoms with Crippen molar-refractivity contribution in [1.29, 1.82) is 0 Å². The summed E-state index contributed by atoms with van der Waals surface area (Å²) in [5, 5.41) is 0.140. The molecule has 0 amide bonds. The van der Waals surface area contributed by atoms with Crippen molar-refractivity contribution in [3.63, 3.8) is 0 Å². The number of hydrogen-bond acceptors (Lipinski definition) is 6. The van der Waals surface area contributed by atoms with Crippen LogP contribution in [0.25, 0.3) is 10.9 Å². The fourth-order valence-electron chi connectivity index (χ4n) is 4.45. The number of aromatic nitrogens is 2. The van der Waals surface area contributed by atoms with E-state index < -0.39 is 17.1 Å². The lowest BCUT2D eigenvalue weighted by molar-refractivity contribution is 0.119. The predicted octanol–water partition coefficient (Wildman–Crippen LogP) is 0.850. The number of fused-ring (bicyclic) bond motifs is 1. The van der Waals surface area contributed by atoms with Crippen LogP contribution in [-0.2, 0) is 4.74 Å². The van der Waals surface area contributed by atoms with E-state index in [1.807, 2.05) is 11.8 Å². The molecular weight excluding hydrogens is 377 g/mol. The molecule has 1 aliphatic heterocycles. The minimum absolute atomic E-state index is 0.00310. The smallest absolute Gasteiger partial charge is 0.350 e. The molecule has 1 aromatic carbocycles. The van der Waals surface area contributed by atoms with Crippen LogP contribution < -0.4 is 27.7 Å². The first-order valence-electron chi connectivity index (χ1n) is 10.2. The van der Waals surface area contributed by atoms with Gasteiger partial charge in [-0.05, 0) is 45.1 Å². The van der Waals surface area contributed by atoms with Crippen molar-refractivity contribution in [3.05, 3.63) is 38.3 Å². The lowest BCUT2D eigenvalue weighted by atomic mass is 10.0. The first-order valence-corrected chi connectivity index (χ1v) is 10.2. The molecule has 158 valence electrons. The summed E-state index contributed by atoms with van der Waals surface area (Å²) in [5.74, 6) is 5.39. The van der Waals surface area contributed by atoms with Crippen molar-refractivity contribution in [2.24, 2.45) is 11.7 Å². The fraction of sp³-hybridized carbons (Fsp3) is 0.600. The third kappa shape index (κ3) is 3.32. The van der Waals surface area contributed by atoms with E-state index in [2.05, 4.69) is 0 Å². The Bertz CT molecular complexity index is 1060. The zero-order valence-corrected chi connectivity index (χ0v) is 16.9. The molecule has 29 heavy (non-hydrogen) atoms. The van der Waals surface area contributed by atoms with Crippen LogP contribution in [0.4, 0.5) is 10.1 Å². The van der Waals surface area contributed by atoms with Gasteiger partial charge < -0.3 is 21.2 Å². The van der Waals surface area contributed by atoms with Crippen LogP contribution in [-0.4, -0.2) is 41.6 Å². The van der Waals surface area contributed by atoms with Gasteiger partial charge >= 0.3 is 5.69 Å². The number of benzene rings is 1. The molecule has 2 fully saturated rings. The van der Waals surface area contributed by atoms with Crippen molar-refractivity contribution in [2.45, 2.75) is 45.2 Å². The average molecular weight is 405 g/mol. The van der Waals surface area contributed by atoms with E-state index in [4.69, 9.17) is 16.3 Å². The molecule has 9 heteroatoms. The molecule has 4 rings (SSSR count). The topological polar surface area (TPSA) is 109 Å². The molecule has 1 aliphatic carbocycles. The Morgan fingerprint density at radius 2 is 2.03 bits per heavy atom. The van der Waals surface area contributed by atoms with Gasteiger partial charge in [-0.1, -0.05) is 0 Å². The molecule has 2 heterocycles. The Morgan fingerprint density at radius 1 is 1.31 bits per heavy atom. The maximum atomic E-state index is 15.1. The number of ether oxygens (including phenoxy) is 1. The zero-order chi connectivity index (χ0) is 20.9. The van der Waals surface area contributed by atoms with Crippen LogP contribution in [0.5, 0.6) is 0 Å². The molecule has 0 spiro atoms. The van der Waals surface area contributed by atoms with Crippen molar-refractivity contribution < 1.29 is 9.13 Å². The van der Waals surface area contributed by atoms with Gasteiger partial charge in [0.15, 0.2) is 0 Å². The van der Waals surface area contributed by atoms with Crippen LogP contribution in [0, 0.1) is 18.7 Å². The molecule has 2 aliphatic rings. The van der Waals surface area contributed by atoms with Crippen molar-refractivity contribution in [2.75, 3.05) is 37.0 Å². The lowest BCUT2D eigenvalue weighted by Gasteiger charge is -2.25. The highest BCUT2D eigenvalue weighted by atomic mass is 19.1. The van der Waals surface area contributed by atoms with Gasteiger partial charge in [-0.15, -0.1) is 0 Å². The molecule has 8 nitrogen and oxygen atoms in total. The summed E-state index contributed by atoms with van der Waals surface area (Å²) >= 11 is 0. The predicted molar refractivity (Wildman–Crippen MR) is 110 cm³/mol. The number of rotatable bonds is 6. The van der Waals surface area contributed by atoms with Gasteiger partial charge in [-0.2, -0.15) is 4.68 Å². The van der Waals surface area contributed by atoms with Crippen LogP contribution in [0.3, 0.4) is 0 Å². The molecule has 1 saturated heterocycles. The molecule has 2 atom stereocenters. The Hall–Kier alpha value is -2.39. The monoisotopic (exact) mass is 405 g/mol. The average Bonchev–Trinajstić information content (AvgIpc) is 3.42. The van der Waals surface area contributed by atoms with E-state index in [1.54, 1.807) is 11.5 Å². The van der Waals surface area contributed by atoms with Gasteiger partial charge in [0, 0.05) is 37.3 Å². The first-order chi connectivity index (χ1) is 13.8. The summed E-state index contributed by atoms with van der Waals surface area (Å²) in [7, 11) is 0. The molecule has 0 bridgehead atoms. The summed E-state index contributed by atoms with van der Waals surface area (Å²) < 4.78 is 22.7. The summed E-state index contributed by atoms with van der Waals surface area (Å²) in [6, 6.07) is 1.11. The third-order valence-electron chi connectivity index (χ3n) is 6.14. The molecule has 4 N–H and O–H groups in total. The Kier molecular flexibility index (Phi) is 5.12. The second kappa shape index (κ2) is 7.46. The number of halogens is 1.